The molecule has 0 saturated heterocycles. The van der Waals surface area contributed by atoms with Gasteiger partial charge in [-0.3, -0.25) is 0 Å². The maximum Gasteiger partial charge on any atom is 0.102 e. The van der Waals surface area contributed by atoms with Crippen LogP contribution in [0.4, 0.5) is 0 Å². The Hall–Kier alpha value is -0.0200. The van der Waals surface area contributed by atoms with Crippen LogP contribution in [-0.2, 0) is 0 Å². The van der Waals surface area contributed by atoms with Crippen molar-refractivity contribution in [1.29, 1.82) is 0 Å². The van der Waals surface area contributed by atoms with Gasteiger partial charge in [0.1, 0.15) is 10.4 Å². The fourth-order valence-electron chi connectivity index (χ4n) is 2.03. The van der Waals surface area contributed by atoms with Gasteiger partial charge < -0.3 is 5.11 Å². The van der Waals surface area contributed by atoms with Crippen molar-refractivity contribution in [2.24, 2.45) is 0 Å². The molecule has 1 heterocycles. The maximum absolute atomic E-state index is 10.3. The van der Waals surface area contributed by atoms with Gasteiger partial charge in [0, 0.05) is 5.56 Å². The molecule has 0 amide bonds. The normalized spacial score (nSPS) is 19.1. The van der Waals surface area contributed by atoms with Crippen LogP contribution in [0.15, 0.2) is 17.7 Å². The third kappa shape index (κ3) is 2.80. The van der Waals surface area contributed by atoms with E-state index in [9.17, 15) is 5.11 Å². The van der Waals surface area contributed by atoms with E-state index >= 15 is 0 Å². The standard InChI is InChI=1S/C12H14Cl2OS/c13-10-7-9(12(14)16-10)11(15)8-5-3-1-2-4-6-8/h5,7,11,15H,1-4,6H2. The van der Waals surface area contributed by atoms with Crippen LogP contribution < -0.4 is 0 Å². The minimum Gasteiger partial charge on any atom is -0.384 e. The lowest BCUT2D eigenvalue weighted by atomic mass is 10.00. The molecule has 1 atom stereocenters. The van der Waals surface area contributed by atoms with Gasteiger partial charge in [0.05, 0.1) is 4.34 Å². The van der Waals surface area contributed by atoms with Gasteiger partial charge in [0.15, 0.2) is 0 Å². The number of rotatable bonds is 2. The Bertz CT molecular complexity index is 398. The van der Waals surface area contributed by atoms with Crippen LogP contribution in [0.3, 0.4) is 0 Å². The number of allylic oxidation sites excluding steroid dienone is 1. The summed E-state index contributed by atoms with van der Waals surface area (Å²) in [6.07, 6.45) is 7.21. The van der Waals surface area contributed by atoms with Crippen LogP contribution in [0.5, 0.6) is 0 Å². The number of thiophene rings is 1. The summed E-state index contributed by atoms with van der Waals surface area (Å²) in [5, 5.41) is 10.3. The first kappa shape index (κ1) is 12.4. The molecule has 1 nitrogen and oxygen atoms in total. The fourth-order valence-corrected chi connectivity index (χ4v) is 3.55. The third-order valence-corrected chi connectivity index (χ3v) is 4.42. The summed E-state index contributed by atoms with van der Waals surface area (Å²) >= 11 is 13.2. The zero-order chi connectivity index (χ0) is 11.5. The largest absolute Gasteiger partial charge is 0.384 e. The van der Waals surface area contributed by atoms with Gasteiger partial charge in [-0.25, -0.2) is 0 Å². The second-order valence-electron chi connectivity index (χ2n) is 4.06. The molecule has 1 aliphatic rings. The van der Waals surface area contributed by atoms with Gasteiger partial charge in [-0.1, -0.05) is 35.7 Å². The lowest BCUT2D eigenvalue weighted by molar-refractivity contribution is 0.211. The molecule has 1 aromatic heterocycles. The molecule has 0 saturated carbocycles. The molecule has 2 rings (SSSR count). The van der Waals surface area contributed by atoms with Crippen molar-refractivity contribution in [3.63, 3.8) is 0 Å². The summed E-state index contributed by atoms with van der Waals surface area (Å²) < 4.78 is 1.23. The van der Waals surface area contributed by atoms with Crippen molar-refractivity contribution in [3.8, 4) is 0 Å². The molecule has 0 aliphatic heterocycles. The van der Waals surface area contributed by atoms with E-state index in [0.29, 0.717) is 8.67 Å². The minimum atomic E-state index is -0.575. The topological polar surface area (TPSA) is 20.2 Å². The summed E-state index contributed by atoms with van der Waals surface area (Å²) in [6, 6.07) is 1.77. The molecule has 0 radical (unpaired) electrons. The molecule has 0 aromatic carbocycles. The summed E-state index contributed by atoms with van der Waals surface area (Å²) in [6.45, 7) is 0. The second-order valence-corrected chi connectivity index (χ2v) is 6.35. The zero-order valence-corrected chi connectivity index (χ0v) is 11.2. The van der Waals surface area contributed by atoms with Crippen molar-refractivity contribution in [1.82, 2.24) is 0 Å². The average molecular weight is 277 g/mol. The van der Waals surface area contributed by atoms with E-state index in [0.717, 1.165) is 30.4 Å². The quantitative estimate of drug-likeness (QED) is 0.756. The van der Waals surface area contributed by atoms with Crippen molar-refractivity contribution in [3.05, 3.63) is 32.0 Å². The average Bonchev–Trinajstić information content (AvgIpc) is 2.49. The van der Waals surface area contributed by atoms with Gasteiger partial charge in [-0.2, -0.15) is 0 Å². The maximum atomic E-state index is 10.3. The Morgan fingerprint density at radius 3 is 2.75 bits per heavy atom. The SMILES string of the molecule is OC(C1=CCCCCC1)c1cc(Cl)sc1Cl. The number of hydrogen-bond donors (Lipinski definition) is 1. The van der Waals surface area contributed by atoms with Crippen LogP contribution in [0, 0.1) is 0 Å². The molecule has 1 N–H and O–H groups in total. The Kier molecular flexibility index (Phi) is 4.31. The second kappa shape index (κ2) is 5.54. The lowest BCUT2D eigenvalue weighted by Crippen LogP contribution is -2.00. The van der Waals surface area contributed by atoms with E-state index in [1.165, 1.54) is 24.2 Å². The van der Waals surface area contributed by atoms with Crippen LogP contribution in [-0.4, -0.2) is 5.11 Å². The minimum absolute atomic E-state index is 0.575. The molecular weight excluding hydrogens is 263 g/mol. The van der Waals surface area contributed by atoms with E-state index in [1.807, 2.05) is 0 Å². The van der Waals surface area contributed by atoms with Gasteiger partial charge in [0.2, 0.25) is 0 Å². The predicted molar refractivity (Wildman–Crippen MR) is 70.5 cm³/mol. The number of aliphatic hydroxyl groups is 1. The van der Waals surface area contributed by atoms with Crippen molar-refractivity contribution >= 4 is 34.5 Å². The molecule has 1 unspecified atom stereocenters. The van der Waals surface area contributed by atoms with Crippen LogP contribution >= 0.6 is 34.5 Å². The van der Waals surface area contributed by atoms with E-state index in [-0.39, 0.29) is 0 Å². The summed E-state index contributed by atoms with van der Waals surface area (Å²) in [5.74, 6) is 0. The summed E-state index contributed by atoms with van der Waals surface area (Å²) in [7, 11) is 0. The van der Waals surface area contributed by atoms with Gasteiger partial charge in [-0.15, -0.1) is 11.3 Å². The Labute approximate surface area is 110 Å². The highest BCUT2D eigenvalue weighted by molar-refractivity contribution is 7.20. The monoisotopic (exact) mass is 276 g/mol. The summed E-state index contributed by atoms with van der Waals surface area (Å²) in [4.78, 5) is 0. The molecule has 1 aromatic rings. The number of hydrogen-bond acceptors (Lipinski definition) is 2. The predicted octanol–water partition coefficient (Wildman–Crippen LogP) is 4.98. The first-order valence-electron chi connectivity index (χ1n) is 5.50. The Morgan fingerprint density at radius 1 is 1.25 bits per heavy atom. The first-order chi connectivity index (χ1) is 7.68. The number of halogens is 2. The molecule has 88 valence electrons. The van der Waals surface area contributed by atoms with Crippen molar-refractivity contribution < 1.29 is 5.11 Å². The van der Waals surface area contributed by atoms with Gasteiger partial charge in [0.25, 0.3) is 0 Å². The van der Waals surface area contributed by atoms with E-state index in [1.54, 1.807) is 6.07 Å². The molecule has 0 spiro atoms. The lowest BCUT2D eigenvalue weighted by Gasteiger charge is -2.13. The third-order valence-electron chi connectivity index (χ3n) is 2.90. The van der Waals surface area contributed by atoms with Crippen LogP contribution in [0.1, 0.15) is 43.8 Å². The van der Waals surface area contributed by atoms with Gasteiger partial charge in [-0.05, 0) is 37.3 Å². The fraction of sp³-hybridized carbons (Fsp3) is 0.500. The van der Waals surface area contributed by atoms with Crippen molar-refractivity contribution in [2.45, 2.75) is 38.2 Å². The van der Waals surface area contributed by atoms with E-state index in [2.05, 4.69) is 6.08 Å². The Morgan fingerprint density at radius 2 is 2.06 bits per heavy atom. The summed E-state index contributed by atoms with van der Waals surface area (Å²) in [5.41, 5.74) is 1.85. The molecule has 0 bridgehead atoms. The first-order valence-corrected chi connectivity index (χ1v) is 7.07. The van der Waals surface area contributed by atoms with E-state index in [4.69, 9.17) is 23.2 Å². The van der Waals surface area contributed by atoms with Gasteiger partial charge >= 0.3 is 0 Å². The Balaban J connectivity index is 2.20. The molecule has 4 heteroatoms. The number of aliphatic hydroxyl groups excluding tert-OH is 1. The highest BCUT2D eigenvalue weighted by Gasteiger charge is 2.19. The van der Waals surface area contributed by atoms with E-state index < -0.39 is 6.10 Å². The smallest absolute Gasteiger partial charge is 0.102 e. The molecular formula is C12H14Cl2OS. The zero-order valence-electron chi connectivity index (χ0n) is 8.88. The highest BCUT2D eigenvalue weighted by Crippen LogP contribution is 2.39. The molecule has 1 aliphatic carbocycles. The highest BCUT2D eigenvalue weighted by atomic mass is 35.5. The van der Waals surface area contributed by atoms with Crippen LogP contribution in [0.25, 0.3) is 0 Å². The molecule has 16 heavy (non-hydrogen) atoms. The van der Waals surface area contributed by atoms with Crippen molar-refractivity contribution in [2.75, 3.05) is 0 Å². The molecule has 0 fully saturated rings. The van der Waals surface area contributed by atoms with Crippen LogP contribution in [0.2, 0.25) is 8.67 Å².